The van der Waals surface area contributed by atoms with Gasteiger partial charge in [-0.1, -0.05) is 22.0 Å². The number of nitrogens with two attached hydrogens (primary N) is 1. The quantitative estimate of drug-likeness (QED) is 0.810. The maximum atomic E-state index is 11.1. The first-order chi connectivity index (χ1) is 6.65. The van der Waals surface area contributed by atoms with Crippen molar-refractivity contribution in [2.45, 2.75) is 0 Å². The number of carbonyl (C=O) groups is 1. The molecule has 1 aromatic carbocycles. The third kappa shape index (κ3) is 2.60. The van der Waals surface area contributed by atoms with E-state index in [1.807, 2.05) is 6.07 Å². The standard InChI is InChI=1S/C10H11BrN2O/c1-2-5-13-9-4-3-7(11)6-8(9)10(12)14/h2-4,6,13H,1,5H2,(H2,12,14). The summed E-state index contributed by atoms with van der Waals surface area (Å²) in [7, 11) is 0. The zero-order valence-electron chi connectivity index (χ0n) is 7.59. The van der Waals surface area contributed by atoms with Gasteiger partial charge in [-0.15, -0.1) is 6.58 Å². The van der Waals surface area contributed by atoms with Crippen LogP contribution in [0.1, 0.15) is 10.4 Å². The Hall–Kier alpha value is -1.29. The monoisotopic (exact) mass is 254 g/mol. The normalized spacial score (nSPS) is 9.50. The number of primary amides is 1. The lowest BCUT2D eigenvalue weighted by molar-refractivity contribution is 0.100. The van der Waals surface area contributed by atoms with Crippen LogP contribution in [0.5, 0.6) is 0 Å². The molecular formula is C10H11BrN2O. The molecule has 0 radical (unpaired) electrons. The Morgan fingerprint density at radius 1 is 1.64 bits per heavy atom. The molecule has 14 heavy (non-hydrogen) atoms. The van der Waals surface area contributed by atoms with Crippen molar-refractivity contribution in [3.8, 4) is 0 Å². The first-order valence-electron chi connectivity index (χ1n) is 4.09. The SMILES string of the molecule is C=CCNc1ccc(Br)cc1C(N)=O. The van der Waals surface area contributed by atoms with Gasteiger partial charge in [-0.05, 0) is 18.2 Å². The molecule has 0 aromatic heterocycles. The van der Waals surface area contributed by atoms with Crippen LogP contribution in [0.25, 0.3) is 0 Å². The number of hydrogen-bond donors (Lipinski definition) is 2. The Kier molecular flexibility index (Phi) is 3.71. The Balaban J connectivity index is 3.01. The van der Waals surface area contributed by atoms with Crippen molar-refractivity contribution in [2.24, 2.45) is 5.73 Å². The van der Waals surface area contributed by atoms with Crippen molar-refractivity contribution in [1.29, 1.82) is 0 Å². The molecule has 0 aliphatic carbocycles. The van der Waals surface area contributed by atoms with Crippen molar-refractivity contribution in [1.82, 2.24) is 0 Å². The summed E-state index contributed by atoms with van der Waals surface area (Å²) in [5.74, 6) is -0.446. The molecule has 0 aliphatic rings. The lowest BCUT2D eigenvalue weighted by Crippen LogP contribution is -2.14. The summed E-state index contributed by atoms with van der Waals surface area (Å²) in [5, 5.41) is 3.03. The first kappa shape index (κ1) is 10.8. The van der Waals surface area contributed by atoms with Gasteiger partial charge in [-0.25, -0.2) is 0 Å². The van der Waals surface area contributed by atoms with Crippen LogP contribution in [0.3, 0.4) is 0 Å². The second-order valence-corrected chi connectivity index (χ2v) is 3.64. The first-order valence-corrected chi connectivity index (χ1v) is 4.88. The molecule has 74 valence electrons. The highest BCUT2D eigenvalue weighted by Crippen LogP contribution is 2.20. The molecule has 0 fully saturated rings. The Morgan fingerprint density at radius 2 is 2.36 bits per heavy atom. The van der Waals surface area contributed by atoms with E-state index in [2.05, 4.69) is 27.8 Å². The molecule has 0 saturated carbocycles. The molecule has 3 nitrogen and oxygen atoms in total. The summed E-state index contributed by atoms with van der Waals surface area (Å²) in [5.41, 5.74) is 6.43. The molecule has 1 rings (SSSR count). The summed E-state index contributed by atoms with van der Waals surface area (Å²) in [6.07, 6.45) is 1.72. The number of benzene rings is 1. The van der Waals surface area contributed by atoms with Gasteiger partial charge in [-0.3, -0.25) is 4.79 Å². The van der Waals surface area contributed by atoms with Gasteiger partial charge in [0, 0.05) is 16.7 Å². The summed E-state index contributed by atoms with van der Waals surface area (Å²) in [6, 6.07) is 5.33. The van der Waals surface area contributed by atoms with Gasteiger partial charge in [0.25, 0.3) is 5.91 Å². The highest BCUT2D eigenvalue weighted by atomic mass is 79.9. The van der Waals surface area contributed by atoms with E-state index in [1.165, 1.54) is 0 Å². The number of rotatable bonds is 4. The fourth-order valence-corrected chi connectivity index (χ4v) is 1.42. The molecule has 0 saturated heterocycles. The molecule has 0 unspecified atom stereocenters. The molecular weight excluding hydrogens is 244 g/mol. The lowest BCUT2D eigenvalue weighted by atomic mass is 10.1. The Morgan fingerprint density at radius 3 is 2.93 bits per heavy atom. The zero-order valence-corrected chi connectivity index (χ0v) is 9.17. The predicted molar refractivity (Wildman–Crippen MR) is 61.3 cm³/mol. The van der Waals surface area contributed by atoms with E-state index in [0.29, 0.717) is 12.1 Å². The fourth-order valence-electron chi connectivity index (χ4n) is 1.06. The fraction of sp³-hybridized carbons (Fsp3) is 0.100. The van der Waals surface area contributed by atoms with Gasteiger partial charge in [0.1, 0.15) is 0 Å². The van der Waals surface area contributed by atoms with E-state index in [-0.39, 0.29) is 0 Å². The number of halogens is 1. The van der Waals surface area contributed by atoms with Gasteiger partial charge in [0.05, 0.1) is 5.56 Å². The van der Waals surface area contributed by atoms with Crippen LogP contribution >= 0.6 is 15.9 Å². The lowest BCUT2D eigenvalue weighted by Gasteiger charge is -2.08. The summed E-state index contributed by atoms with van der Waals surface area (Å²) in [4.78, 5) is 11.1. The molecule has 1 aromatic rings. The van der Waals surface area contributed by atoms with Crippen LogP contribution in [-0.4, -0.2) is 12.5 Å². The molecule has 1 amide bonds. The minimum atomic E-state index is -0.446. The van der Waals surface area contributed by atoms with E-state index in [0.717, 1.165) is 10.2 Å². The average molecular weight is 255 g/mol. The second-order valence-electron chi connectivity index (χ2n) is 2.72. The van der Waals surface area contributed by atoms with Crippen LogP contribution < -0.4 is 11.1 Å². The third-order valence-electron chi connectivity index (χ3n) is 1.68. The molecule has 0 heterocycles. The van der Waals surface area contributed by atoms with Gasteiger partial charge < -0.3 is 11.1 Å². The zero-order chi connectivity index (χ0) is 10.6. The van der Waals surface area contributed by atoms with Crippen molar-refractivity contribution < 1.29 is 4.79 Å². The average Bonchev–Trinajstić information content (AvgIpc) is 2.15. The Labute approximate surface area is 91.1 Å². The maximum absolute atomic E-state index is 11.1. The van der Waals surface area contributed by atoms with E-state index in [1.54, 1.807) is 18.2 Å². The molecule has 0 spiro atoms. The molecule has 3 N–H and O–H groups in total. The molecule has 0 atom stereocenters. The molecule has 4 heteroatoms. The van der Waals surface area contributed by atoms with Crippen LogP contribution in [0, 0.1) is 0 Å². The second kappa shape index (κ2) is 4.81. The third-order valence-corrected chi connectivity index (χ3v) is 2.18. The van der Waals surface area contributed by atoms with Crippen LogP contribution in [-0.2, 0) is 0 Å². The minimum absolute atomic E-state index is 0.446. The molecule has 0 bridgehead atoms. The number of amides is 1. The van der Waals surface area contributed by atoms with Crippen LogP contribution in [0.15, 0.2) is 35.3 Å². The number of nitrogens with one attached hydrogen (secondary N) is 1. The summed E-state index contributed by atoms with van der Waals surface area (Å²) >= 11 is 3.28. The van der Waals surface area contributed by atoms with Crippen molar-refractivity contribution in [3.63, 3.8) is 0 Å². The van der Waals surface area contributed by atoms with Crippen molar-refractivity contribution in [3.05, 3.63) is 40.9 Å². The highest BCUT2D eigenvalue weighted by molar-refractivity contribution is 9.10. The van der Waals surface area contributed by atoms with E-state index < -0.39 is 5.91 Å². The topological polar surface area (TPSA) is 55.1 Å². The van der Waals surface area contributed by atoms with E-state index in [9.17, 15) is 4.79 Å². The number of hydrogen-bond acceptors (Lipinski definition) is 2. The predicted octanol–water partition coefficient (Wildman–Crippen LogP) is 2.15. The van der Waals surface area contributed by atoms with Gasteiger partial charge >= 0.3 is 0 Å². The minimum Gasteiger partial charge on any atom is -0.381 e. The van der Waals surface area contributed by atoms with Crippen LogP contribution in [0.4, 0.5) is 5.69 Å². The van der Waals surface area contributed by atoms with Gasteiger partial charge in [0.2, 0.25) is 0 Å². The largest absolute Gasteiger partial charge is 0.381 e. The summed E-state index contributed by atoms with van der Waals surface area (Å²) < 4.78 is 0.829. The van der Waals surface area contributed by atoms with Crippen molar-refractivity contribution in [2.75, 3.05) is 11.9 Å². The summed E-state index contributed by atoms with van der Waals surface area (Å²) in [6.45, 7) is 4.18. The highest BCUT2D eigenvalue weighted by Gasteiger charge is 2.07. The van der Waals surface area contributed by atoms with E-state index in [4.69, 9.17) is 5.73 Å². The Bertz CT molecular complexity index is 363. The van der Waals surface area contributed by atoms with Crippen molar-refractivity contribution >= 4 is 27.5 Å². The number of carbonyl (C=O) groups excluding carboxylic acids is 1. The smallest absolute Gasteiger partial charge is 0.250 e. The van der Waals surface area contributed by atoms with E-state index >= 15 is 0 Å². The van der Waals surface area contributed by atoms with Crippen LogP contribution in [0.2, 0.25) is 0 Å². The van der Waals surface area contributed by atoms with Gasteiger partial charge in [0.15, 0.2) is 0 Å². The maximum Gasteiger partial charge on any atom is 0.250 e. The molecule has 0 aliphatic heterocycles. The number of anilines is 1. The van der Waals surface area contributed by atoms with Gasteiger partial charge in [-0.2, -0.15) is 0 Å².